The van der Waals surface area contributed by atoms with Gasteiger partial charge in [-0.3, -0.25) is 4.79 Å². The Balaban J connectivity index is 1.03. The lowest BCUT2D eigenvalue weighted by Crippen LogP contribution is -2.64. The molecule has 1 aromatic rings. The van der Waals surface area contributed by atoms with Gasteiger partial charge in [0.05, 0.1) is 52.9 Å². The third kappa shape index (κ3) is 6.95. The van der Waals surface area contributed by atoms with E-state index in [1.54, 1.807) is 5.57 Å². The monoisotopic (exact) mass is 647 g/mol. The van der Waals surface area contributed by atoms with Crippen molar-refractivity contribution in [3.8, 4) is 11.8 Å². The molecule has 0 radical (unpaired) electrons. The number of carbonyl (C=O) groups is 2. The number of likely N-dealkylation sites (N-methyl/N-ethyl adjacent to an activating group) is 1. The van der Waals surface area contributed by atoms with Crippen LogP contribution in [0.25, 0.3) is 0 Å². The van der Waals surface area contributed by atoms with Crippen LogP contribution in [0.15, 0.2) is 47.1 Å². The van der Waals surface area contributed by atoms with Gasteiger partial charge in [-0.2, -0.15) is 0 Å². The molecule has 5 aliphatic rings. The lowest BCUT2D eigenvalue weighted by atomic mass is 9.49. The van der Waals surface area contributed by atoms with Crippen molar-refractivity contribution in [2.45, 2.75) is 63.4 Å². The van der Waals surface area contributed by atoms with Crippen LogP contribution in [0.2, 0.25) is 0 Å². The van der Waals surface area contributed by atoms with Gasteiger partial charge in [0.25, 0.3) is 0 Å². The minimum atomic E-state index is -0.986. The second-order valence-corrected chi connectivity index (χ2v) is 13.6. The molecule has 5 atom stereocenters. The zero-order valence-corrected chi connectivity index (χ0v) is 27.9. The fourth-order valence-corrected chi connectivity index (χ4v) is 8.96. The molecule has 4 aliphatic carbocycles. The summed E-state index contributed by atoms with van der Waals surface area (Å²) in [6.07, 6.45) is 8.89. The highest BCUT2D eigenvalue weighted by Crippen LogP contribution is 2.71. The van der Waals surface area contributed by atoms with E-state index in [1.807, 2.05) is 13.0 Å². The number of carboxylic acids is 1. The molecule has 1 N–H and O–H groups in total. The summed E-state index contributed by atoms with van der Waals surface area (Å²) in [6.45, 7) is 6.27. The molecule has 254 valence electrons. The number of fused-ring (bicyclic) bond motifs is 3. The number of ether oxygens (including phenoxy) is 5. The maximum absolute atomic E-state index is 12.4. The number of aliphatic carboxylic acids is 1. The number of hydrogen-bond acceptors (Lipinski definition) is 8. The van der Waals surface area contributed by atoms with Crippen molar-refractivity contribution in [3.63, 3.8) is 0 Å². The van der Waals surface area contributed by atoms with Crippen molar-refractivity contribution >= 4 is 17.4 Å². The normalized spacial score (nSPS) is 29.0. The molecular weight excluding hydrogens is 598 g/mol. The summed E-state index contributed by atoms with van der Waals surface area (Å²) in [5.41, 5.74) is 6.74. The summed E-state index contributed by atoms with van der Waals surface area (Å²) in [5, 5.41) is 8.53. The predicted molar refractivity (Wildman–Crippen MR) is 177 cm³/mol. The molecular formula is C38H49NO8. The Hall–Kier alpha value is -3.00. The lowest BCUT2D eigenvalue weighted by Gasteiger charge is -2.61. The molecule has 1 aromatic carbocycles. The molecule has 47 heavy (non-hydrogen) atoms. The van der Waals surface area contributed by atoms with Gasteiger partial charge in [-0.05, 0) is 92.2 Å². The van der Waals surface area contributed by atoms with Crippen LogP contribution < -0.4 is 4.90 Å². The molecule has 1 aliphatic heterocycles. The quantitative estimate of drug-likeness (QED) is 0.197. The number of carboxylic acid groups (broad SMARTS) is 1. The molecule has 9 nitrogen and oxygen atoms in total. The predicted octanol–water partition coefficient (Wildman–Crippen LogP) is 4.95. The van der Waals surface area contributed by atoms with E-state index < -0.39 is 5.97 Å². The van der Waals surface area contributed by atoms with Crippen LogP contribution in [-0.2, 0) is 33.3 Å². The summed E-state index contributed by atoms with van der Waals surface area (Å²) >= 11 is 0. The average Bonchev–Trinajstić information content (AvgIpc) is 3.28. The number of benzene rings is 1. The molecule has 0 amide bonds. The van der Waals surface area contributed by atoms with E-state index in [-0.39, 0.29) is 30.0 Å². The van der Waals surface area contributed by atoms with Crippen molar-refractivity contribution in [1.82, 2.24) is 0 Å². The third-order valence-corrected chi connectivity index (χ3v) is 11.1. The van der Waals surface area contributed by atoms with Crippen LogP contribution in [0.5, 0.6) is 0 Å². The molecule has 3 fully saturated rings. The van der Waals surface area contributed by atoms with Crippen molar-refractivity contribution in [2.24, 2.45) is 17.3 Å². The zero-order chi connectivity index (χ0) is 32.9. The Kier molecular flexibility index (Phi) is 10.8. The van der Waals surface area contributed by atoms with E-state index in [0.29, 0.717) is 63.8 Å². The molecule has 0 bridgehead atoms. The minimum Gasteiger partial charge on any atom is -0.480 e. The number of ketones is 1. The van der Waals surface area contributed by atoms with Crippen LogP contribution in [0.3, 0.4) is 0 Å². The zero-order valence-electron chi connectivity index (χ0n) is 27.9. The van der Waals surface area contributed by atoms with Gasteiger partial charge in [0, 0.05) is 37.0 Å². The van der Waals surface area contributed by atoms with Gasteiger partial charge in [-0.15, -0.1) is 5.92 Å². The number of anilines is 1. The second kappa shape index (κ2) is 15.0. The third-order valence-electron chi connectivity index (χ3n) is 11.1. The number of allylic oxidation sites excluding steroid dienone is 4. The Morgan fingerprint density at radius 3 is 2.34 bits per heavy atom. The minimum absolute atomic E-state index is 0.114. The van der Waals surface area contributed by atoms with Gasteiger partial charge >= 0.3 is 5.97 Å². The van der Waals surface area contributed by atoms with E-state index in [9.17, 15) is 9.59 Å². The Morgan fingerprint density at radius 1 is 0.979 bits per heavy atom. The fourth-order valence-electron chi connectivity index (χ4n) is 8.96. The topological polar surface area (TPSA) is 104 Å². The Bertz CT molecular complexity index is 1420. The SMILES string of the molecule is CC#C[C@]12CC[C@H]3[C@@H]4CCC5=CC(=O)CCC5=C4[C@@H](c4ccc(N(C)CCOCCOCCOCCOCC(=O)O)cc4)C[C@@]31CO2. The van der Waals surface area contributed by atoms with Crippen LogP contribution in [-0.4, -0.2) is 95.5 Å². The molecule has 9 heteroatoms. The van der Waals surface area contributed by atoms with Crippen molar-refractivity contribution in [2.75, 3.05) is 78.0 Å². The number of nitrogens with zero attached hydrogens (tertiary/aromatic N) is 1. The largest absolute Gasteiger partial charge is 0.480 e. The molecule has 0 aromatic heterocycles. The van der Waals surface area contributed by atoms with Crippen LogP contribution in [0.1, 0.15) is 63.4 Å². The first-order valence-electron chi connectivity index (χ1n) is 17.3. The van der Waals surface area contributed by atoms with E-state index >= 15 is 0 Å². The van der Waals surface area contributed by atoms with Crippen molar-refractivity contribution < 1.29 is 38.4 Å². The van der Waals surface area contributed by atoms with Crippen LogP contribution >= 0.6 is 0 Å². The number of hydrogen-bond donors (Lipinski definition) is 1. The Morgan fingerprint density at radius 2 is 1.68 bits per heavy atom. The summed E-state index contributed by atoms with van der Waals surface area (Å²) in [4.78, 5) is 25.0. The molecule has 1 heterocycles. The molecule has 6 rings (SSSR count). The Labute approximate surface area is 278 Å². The maximum atomic E-state index is 12.4. The highest BCUT2D eigenvalue weighted by molar-refractivity contribution is 5.93. The lowest BCUT2D eigenvalue weighted by molar-refractivity contribution is -0.245. The fraction of sp³-hybridized carbons (Fsp3) is 0.632. The van der Waals surface area contributed by atoms with Crippen LogP contribution in [0.4, 0.5) is 5.69 Å². The average molecular weight is 648 g/mol. The van der Waals surface area contributed by atoms with Crippen LogP contribution in [0, 0.1) is 29.1 Å². The van der Waals surface area contributed by atoms with Gasteiger partial charge in [0.1, 0.15) is 12.2 Å². The number of carbonyl (C=O) groups excluding carboxylic acids is 1. The van der Waals surface area contributed by atoms with Gasteiger partial charge in [0.2, 0.25) is 0 Å². The summed E-state index contributed by atoms with van der Waals surface area (Å²) in [6, 6.07) is 9.12. The van der Waals surface area contributed by atoms with E-state index in [1.165, 1.54) is 23.1 Å². The molecule has 2 saturated carbocycles. The van der Waals surface area contributed by atoms with E-state index in [0.717, 1.165) is 50.9 Å². The van der Waals surface area contributed by atoms with Crippen molar-refractivity contribution in [3.05, 3.63) is 52.6 Å². The van der Waals surface area contributed by atoms with Gasteiger partial charge in [0.15, 0.2) is 5.78 Å². The molecule has 1 spiro atoms. The second-order valence-electron chi connectivity index (χ2n) is 13.6. The first-order valence-corrected chi connectivity index (χ1v) is 17.3. The smallest absolute Gasteiger partial charge is 0.329 e. The van der Waals surface area contributed by atoms with Gasteiger partial charge < -0.3 is 33.7 Å². The summed E-state index contributed by atoms with van der Waals surface area (Å²) < 4.78 is 28.0. The molecule has 0 unspecified atom stereocenters. The maximum Gasteiger partial charge on any atom is 0.329 e. The van der Waals surface area contributed by atoms with Crippen molar-refractivity contribution in [1.29, 1.82) is 0 Å². The molecule has 1 saturated heterocycles. The summed E-state index contributed by atoms with van der Waals surface area (Å²) in [7, 11) is 2.09. The van der Waals surface area contributed by atoms with E-state index in [4.69, 9.17) is 28.8 Å². The van der Waals surface area contributed by atoms with Gasteiger partial charge in [-0.25, -0.2) is 4.79 Å². The number of rotatable bonds is 16. The first-order chi connectivity index (χ1) is 22.9. The first kappa shape index (κ1) is 33.9. The van der Waals surface area contributed by atoms with E-state index in [2.05, 4.69) is 48.1 Å². The van der Waals surface area contributed by atoms with Gasteiger partial charge in [-0.1, -0.05) is 23.6 Å². The standard InChI is InChI=1S/C38H49NO8/c1-3-13-38-14-12-34-32-10-6-28-23-30(40)9-11-31(28)36(32)33(24-37(34,38)26-47-38)27-4-7-29(8-5-27)39(2)15-16-43-17-18-44-19-20-45-21-22-46-25-35(41)42/h4-5,7-8,23,32-34H,6,9-12,14-22,24-26H2,1-2H3,(H,41,42)/t32-,33+,34-,37+,38-/m0/s1. The highest BCUT2D eigenvalue weighted by Gasteiger charge is 2.71. The summed E-state index contributed by atoms with van der Waals surface area (Å²) in [5.74, 6) is 7.55. The highest BCUT2D eigenvalue weighted by atomic mass is 16.6.